The summed E-state index contributed by atoms with van der Waals surface area (Å²) in [6.07, 6.45) is 4.76. The number of rotatable bonds is 3. The van der Waals surface area contributed by atoms with Crippen molar-refractivity contribution in [2.24, 2.45) is 0 Å². The second kappa shape index (κ2) is 4.72. The molecule has 0 aliphatic carbocycles. The molecular weight excluding hydrogens is 238 g/mol. The predicted molar refractivity (Wildman–Crippen MR) is 75.3 cm³/mol. The van der Waals surface area contributed by atoms with Crippen LogP contribution in [0.1, 0.15) is 22.8 Å². The number of carbonyl (C=O) groups is 1. The summed E-state index contributed by atoms with van der Waals surface area (Å²) in [6.45, 7) is 2.87. The van der Waals surface area contributed by atoms with Gasteiger partial charge in [0.15, 0.2) is 0 Å². The molecule has 1 atom stereocenters. The van der Waals surface area contributed by atoms with Gasteiger partial charge in [-0.2, -0.15) is 0 Å². The molecule has 1 unspecified atom stereocenters. The van der Waals surface area contributed by atoms with Gasteiger partial charge in [0.05, 0.1) is 23.7 Å². The van der Waals surface area contributed by atoms with Crippen LogP contribution in [0.25, 0.3) is 0 Å². The van der Waals surface area contributed by atoms with E-state index in [1.165, 1.54) is 0 Å². The van der Waals surface area contributed by atoms with E-state index >= 15 is 0 Å². The van der Waals surface area contributed by atoms with Crippen molar-refractivity contribution >= 4 is 17.7 Å². The normalized spacial score (nSPS) is 16.9. The first kappa shape index (κ1) is 11.7. The van der Waals surface area contributed by atoms with Crippen LogP contribution in [0.4, 0.5) is 11.4 Å². The molecule has 4 heteroatoms. The van der Waals surface area contributed by atoms with Gasteiger partial charge in [0, 0.05) is 18.3 Å². The zero-order valence-corrected chi connectivity index (χ0v) is 10.7. The number of benzene rings is 1. The van der Waals surface area contributed by atoms with Crippen LogP contribution in [-0.2, 0) is 6.54 Å². The Morgan fingerprint density at radius 3 is 3.16 bits per heavy atom. The first-order valence-corrected chi connectivity index (χ1v) is 6.29. The molecule has 1 aromatic heterocycles. The van der Waals surface area contributed by atoms with Crippen molar-refractivity contribution in [2.45, 2.75) is 19.6 Å². The molecule has 1 aliphatic heterocycles. The summed E-state index contributed by atoms with van der Waals surface area (Å²) >= 11 is 0. The van der Waals surface area contributed by atoms with Gasteiger partial charge in [0.25, 0.3) is 0 Å². The van der Waals surface area contributed by atoms with Crippen LogP contribution in [0.15, 0.2) is 42.7 Å². The molecule has 0 fully saturated rings. The Morgan fingerprint density at radius 1 is 1.42 bits per heavy atom. The van der Waals surface area contributed by atoms with E-state index in [4.69, 9.17) is 0 Å². The Balaban J connectivity index is 1.88. The van der Waals surface area contributed by atoms with E-state index in [0.29, 0.717) is 5.56 Å². The molecule has 1 N–H and O–H groups in total. The highest BCUT2D eigenvalue weighted by atomic mass is 16.1. The highest BCUT2D eigenvalue weighted by molar-refractivity contribution is 5.76. The summed E-state index contributed by atoms with van der Waals surface area (Å²) in [5, 5.41) is 3.41. The number of aromatic nitrogens is 1. The summed E-state index contributed by atoms with van der Waals surface area (Å²) in [5.74, 6) is 0. The molecule has 0 radical (unpaired) electrons. The third-order valence-corrected chi connectivity index (χ3v) is 3.38. The van der Waals surface area contributed by atoms with Crippen molar-refractivity contribution in [2.75, 3.05) is 10.2 Å². The Morgan fingerprint density at radius 2 is 2.32 bits per heavy atom. The van der Waals surface area contributed by atoms with Crippen LogP contribution in [0.3, 0.4) is 0 Å². The maximum Gasteiger partial charge on any atom is 0.150 e. The largest absolute Gasteiger partial charge is 0.364 e. The minimum atomic E-state index is 0.221. The number of fused-ring (bicyclic) bond motifs is 1. The molecule has 0 amide bonds. The van der Waals surface area contributed by atoms with Crippen molar-refractivity contribution in [3.8, 4) is 0 Å². The highest BCUT2D eigenvalue weighted by Crippen LogP contribution is 2.34. The van der Waals surface area contributed by atoms with Gasteiger partial charge in [-0.3, -0.25) is 9.78 Å². The third-order valence-electron chi connectivity index (χ3n) is 3.38. The SMILES string of the molecule is CC1Nc2ccncc2N1Cc1cccc(C=O)c1. The van der Waals surface area contributed by atoms with E-state index in [1.807, 2.05) is 36.5 Å². The lowest BCUT2D eigenvalue weighted by molar-refractivity contribution is 0.112. The molecule has 0 bridgehead atoms. The number of anilines is 2. The zero-order chi connectivity index (χ0) is 13.2. The van der Waals surface area contributed by atoms with Crippen LogP contribution in [0.2, 0.25) is 0 Å². The van der Waals surface area contributed by atoms with Crippen molar-refractivity contribution in [3.63, 3.8) is 0 Å². The highest BCUT2D eigenvalue weighted by Gasteiger charge is 2.25. The van der Waals surface area contributed by atoms with Gasteiger partial charge in [0.2, 0.25) is 0 Å². The fraction of sp³-hybridized carbons (Fsp3) is 0.200. The van der Waals surface area contributed by atoms with Gasteiger partial charge in [-0.25, -0.2) is 0 Å². The molecule has 0 spiro atoms. The van der Waals surface area contributed by atoms with Gasteiger partial charge in [-0.05, 0) is 24.6 Å². The maximum atomic E-state index is 10.8. The van der Waals surface area contributed by atoms with Gasteiger partial charge < -0.3 is 10.2 Å². The molecule has 96 valence electrons. The number of hydrogen-bond acceptors (Lipinski definition) is 4. The summed E-state index contributed by atoms with van der Waals surface area (Å²) in [7, 11) is 0. The molecule has 3 rings (SSSR count). The van der Waals surface area contributed by atoms with Crippen molar-refractivity contribution < 1.29 is 4.79 Å². The molecule has 1 aromatic carbocycles. The quantitative estimate of drug-likeness (QED) is 0.854. The van der Waals surface area contributed by atoms with Gasteiger partial charge >= 0.3 is 0 Å². The Hall–Kier alpha value is -2.36. The van der Waals surface area contributed by atoms with Crippen LogP contribution < -0.4 is 10.2 Å². The van der Waals surface area contributed by atoms with E-state index in [9.17, 15) is 4.79 Å². The number of pyridine rings is 1. The monoisotopic (exact) mass is 253 g/mol. The minimum absolute atomic E-state index is 0.221. The van der Waals surface area contributed by atoms with Crippen LogP contribution >= 0.6 is 0 Å². The molecular formula is C15H15N3O. The smallest absolute Gasteiger partial charge is 0.150 e. The first-order valence-electron chi connectivity index (χ1n) is 6.29. The number of nitrogens with one attached hydrogen (secondary N) is 1. The lowest BCUT2D eigenvalue weighted by atomic mass is 10.1. The predicted octanol–water partition coefficient (Wildman–Crippen LogP) is 2.67. The van der Waals surface area contributed by atoms with Gasteiger partial charge in [-0.1, -0.05) is 18.2 Å². The molecule has 2 heterocycles. The first-order chi connectivity index (χ1) is 9.28. The van der Waals surface area contributed by atoms with Gasteiger partial charge in [0.1, 0.15) is 6.29 Å². The molecule has 1 aliphatic rings. The Kier molecular flexibility index (Phi) is 2.91. The molecule has 0 saturated carbocycles. The summed E-state index contributed by atoms with van der Waals surface area (Å²) < 4.78 is 0. The Labute approximate surface area is 112 Å². The average Bonchev–Trinajstić information content (AvgIpc) is 2.76. The maximum absolute atomic E-state index is 10.8. The lowest BCUT2D eigenvalue weighted by Gasteiger charge is -2.23. The zero-order valence-electron chi connectivity index (χ0n) is 10.7. The molecule has 19 heavy (non-hydrogen) atoms. The van der Waals surface area contributed by atoms with Crippen LogP contribution in [0.5, 0.6) is 0 Å². The van der Waals surface area contributed by atoms with Crippen LogP contribution in [-0.4, -0.2) is 17.4 Å². The molecule has 2 aromatic rings. The van der Waals surface area contributed by atoms with Crippen LogP contribution in [0, 0.1) is 0 Å². The second-order valence-electron chi connectivity index (χ2n) is 4.70. The number of hydrogen-bond donors (Lipinski definition) is 1. The minimum Gasteiger partial charge on any atom is -0.364 e. The number of aldehydes is 1. The van der Waals surface area contributed by atoms with Crippen molar-refractivity contribution in [1.82, 2.24) is 4.98 Å². The third kappa shape index (κ3) is 2.17. The van der Waals surface area contributed by atoms with E-state index in [0.717, 1.165) is 29.8 Å². The molecule has 0 saturated heterocycles. The van der Waals surface area contributed by atoms with E-state index < -0.39 is 0 Å². The summed E-state index contributed by atoms with van der Waals surface area (Å²) in [5.41, 5.74) is 4.04. The average molecular weight is 253 g/mol. The fourth-order valence-electron chi connectivity index (χ4n) is 2.43. The Bertz CT molecular complexity index is 612. The van der Waals surface area contributed by atoms with Crippen molar-refractivity contribution in [3.05, 3.63) is 53.9 Å². The standard InChI is InChI=1S/C15H15N3O/c1-11-17-14-5-6-16-8-15(14)18(11)9-12-3-2-4-13(7-12)10-19/h2-8,10-11,17H,9H2,1H3. The van der Waals surface area contributed by atoms with E-state index in [2.05, 4.69) is 22.1 Å². The topological polar surface area (TPSA) is 45.2 Å². The van der Waals surface area contributed by atoms with E-state index in [1.54, 1.807) is 6.20 Å². The number of nitrogens with zero attached hydrogens (tertiary/aromatic N) is 2. The lowest BCUT2D eigenvalue weighted by Crippen LogP contribution is -2.32. The molecule has 4 nitrogen and oxygen atoms in total. The van der Waals surface area contributed by atoms with Crippen molar-refractivity contribution in [1.29, 1.82) is 0 Å². The van der Waals surface area contributed by atoms with Gasteiger partial charge in [-0.15, -0.1) is 0 Å². The summed E-state index contributed by atoms with van der Waals surface area (Å²) in [6, 6.07) is 9.67. The summed E-state index contributed by atoms with van der Waals surface area (Å²) in [4.78, 5) is 17.2. The second-order valence-corrected chi connectivity index (χ2v) is 4.70. The number of carbonyl (C=O) groups excluding carboxylic acids is 1. The van der Waals surface area contributed by atoms with E-state index in [-0.39, 0.29) is 6.17 Å². The fourth-order valence-corrected chi connectivity index (χ4v) is 2.43.